The maximum absolute atomic E-state index is 12.7. The largest absolute Gasteiger partial charge is 0.356 e. The average Bonchev–Trinajstić information content (AvgIpc) is 3.18. The van der Waals surface area contributed by atoms with Gasteiger partial charge in [-0.25, -0.2) is 9.97 Å². The Morgan fingerprint density at radius 3 is 2.82 bits per heavy atom. The summed E-state index contributed by atoms with van der Waals surface area (Å²) >= 11 is 3.04. The van der Waals surface area contributed by atoms with Crippen LogP contribution in [0.3, 0.4) is 0 Å². The van der Waals surface area contributed by atoms with Crippen molar-refractivity contribution in [2.24, 2.45) is 0 Å². The van der Waals surface area contributed by atoms with Crippen LogP contribution in [0, 0.1) is 0 Å². The van der Waals surface area contributed by atoms with Crippen molar-refractivity contribution in [2.45, 2.75) is 56.5 Å². The van der Waals surface area contributed by atoms with Crippen LogP contribution in [0.2, 0.25) is 0 Å². The number of amides is 1. The number of allylic oxidation sites excluding steroid dienone is 1. The van der Waals surface area contributed by atoms with Crippen molar-refractivity contribution in [3.63, 3.8) is 0 Å². The highest BCUT2D eigenvalue weighted by Crippen LogP contribution is 2.34. The lowest BCUT2D eigenvalue weighted by Gasteiger charge is -2.28. The molecule has 0 aromatic carbocycles. The van der Waals surface area contributed by atoms with Gasteiger partial charge in [0, 0.05) is 19.6 Å². The highest BCUT2D eigenvalue weighted by molar-refractivity contribution is 7.98. The van der Waals surface area contributed by atoms with Gasteiger partial charge in [0.25, 0.3) is 5.91 Å². The van der Waals surface area contributed by atoms with Crippen LogP contribution in [0.25, 0.3) is 10.2 Å². The number of carbonyl (C=O) groups excluding carboxylic acids is 1. The second-order valence-electron chi connectivity index (χ2n) is 7.53. The molecular formula is C21H28N4OS2. The van der Waals surface area contributed by atoms with Gasteiger partial charge >= 0.3 is 0 Å². The number of anilines is 1. The molecule has 2 aliphatic rings. The van der Waals surface area contributed by atoms with Gasteiger partial charge in [0.05, 0.1) is 10.3 Å². The second-order valence-corrected chi connectivity index (χ2v) is 9.33. The Balaban J connectivity index is 1.51. The first-order valence-corrected chi connectivity index (χ1v) is 12.4. The molecule has 1 fully saturated rings. The number of fused-ring (bicyclic) bond motifs is 1. The Bertz CT molecular complexity index is 871. The van der Waals surface area contributed by atoms with Crippen molar-refractivity contribution in [3.8, 4) is 0 Å². The summed E-state index contributed by atoms with van der Waals surface area (Å²) in [5, 5.41) is 4.90. The molecule has 4 rings (SSSR count). The van der Waals surface area contributed by atoms with E-state index in [0.717, 1.165) is 45.6 Å². The van der Waals surface area contributed by atoms with Gasteiger partial charge in [0.2, 0.25) is 0 Å². The lowest BCUT2D eigenvalue weighted by molar-refractivity contribution is 0.0958. The molecule has 1 aliphatic heterocycles. The topological polar surface area (TPSA) is 58.1 Å². The molecule has 1 saturated heterocycles. The lowest BCUT2D eigenvalue weighted by atomic mass is 9.97. The van der Waals surface area contributed by atoms with Crippen molar-refractivity contribution in [3.05, 3.63) is 22.6 Å². The van der Waals surface area contributed by atoms with Gasteiger partial charge in [0.15, 0.2) is 5.16 Å². The molecule has 0 radical (unpaired) electrons. The molecule has 0 spiro atoms. The number of hydrogen-bond acceptors (Lipinski definition) is 6. The highest BCUT2D eigenvalue weighted by Gasteiger charge is 2.20. The Morgan fingerprint density at radius 1 is 1.21 bits per heavy atom. The highest BCUT2D eigenvalue weighted by atomic mass is 32.2. The van der Waals surface area contributed by atoms with Crippen molar-refractivity contribution in [1.29, 1.82) is 0 Å². The summed E-state index contributed by atoms with van der Waals surface area (Å²) in [6.45, 7) is 2.78. The van der Waals surface area contributed by atoms with E-state index in [4.69, 9.17) is 4.98 Å². The predicted molar refractivity (Wildman–Crippen MR) is 119 cm³/mol. The second kappa shape index (κ2) is 9.27. The van der Waals surface area contributed by atoms with Gasteiger partial charge in [-0.15, -0.1) is 11.3 Å². The number of piperidine rings is 1. The number of nitrogens with one attached hydrogen (secondary N) is 1. The fourth-order valence-corrected chi connectivity index (χ4v) is 5.35. The van der Waals surface area contributed by atoms with E-state index in [2.05, 4.69) is 21.3 Å². The summed E-state index contributed by atoms with van der Waals surface area (Å²) in [6, 6.07) is 1.99. The van der Waals surface area contributed by atoms with E-state index in [9.17, 15) is 4.79 Å². The number of aromatic nitrogens is 2. The maximum atomic E-state index is 12.7. The zero-order chi connectivity index (χ0) is 19.3. The van der Waals surface area contributed by atoms with E-state index < -0.39 is 0 Å². The van der Waals surface area contributed by atoms with E-state index in [1.165, 1.54) is 61.9 Å². The number of nitrogens with zero attached hydrogens (tertiary/aromatic N) is 3. The predicted octanol–water partition coefficient (Wildman–Crippen LogP) is 5.02. The van der Waals surface area contributed by atoms with Crippen LogP contribution < -0.4 is 10.2 Å². The SMILES string of the molecule is CSc1nc(N2CCCCC2)c2cc(C(=O)NCCC3=CCCCC3)sc2n1. The van der Waals surface area contributed by atoms with E-state index in [1.54, 1.807) is 11.8 Å². The first-order valence-electron chi connectivity index (χ1n) is 10.3. The van der Waals surface area contributed by atoms with Gasteiger partial charge < -0.3 is 10.2 Å². The van der Waals surface area contributed by atoms with Crippen LogP contribution in [0.4, 0.5) is 5.82 Å². The molecule has 1 amide bonds. The molecule has 0 bridgehead atoms. The van der Waals surface area contributed by atoms with Gasteiger partial charge in [0.1, 0.15) is 10.6 Å². The number of rotatable bonds is 6. The quantitative estimate of drug-likeness (QED) is 0.407. The summed E-state index contributed by atoms with van der Waals surface area (Å²) in [6.07, 6.45) is 14.0. The molecule has 0 atom stereocenters. The Morgan fingerprint density at radius 2 is 2.07 bits per heavy atom. The van der Waals surface area contributed by atoms with Crippen LogP contribution in [0.15, 0.2) is 22.9 Å². The summed E-state index contributed by atoms with van der Waals surface area (Å²) in [5.41, 5.74) is 1.49. The standard InChI is InChI=1S/C21H28N4OS2/c1-27-21-23-18(25-12-6-3-7-13-25)16-14-17(28-20(16)24-21)19(26)22-11-10-15-8-4-2-5-9-15/h8,14H,2-7,9-13H2,1H3,(H,22,26). The van der Waals surface area contributed by atoms with Crippen LogP contribution in [-0.4, -0.2) is 41.8 Å². The normalized spacial score (nSPS) is 17.6. The summed E-state index contributed by atoms with van der Waals surface area (Å²) in [7, 11) is 0. The first-order chi connectivity index (χ1) is 13.7. The third kappa shape index (κ3) is 4.51. The molecule has 2 aromatic rings. The molecule has 0 unspecified atom stereocenters. The number of thioether (sulfide) groups is 1. The lowest BCUT2D eigenvalue weighted by Crippen LogP contribution is -2.30. The molecule has 2 aromatic heterocycles. The maximum Gasteiger partial charge on any atom is 0.261 e. The van der Waals surface area contributed by atoms with Crippen molar-refractivity contribution >= 4 is 45.0 Å². The van der Waals surface area contributed by atoms with Crippen molar-refractivity contribution in [1.82, 2.24) is 15.3 Å². The van der Waals surface area contributed by atoms with Gasteiger partial charge in [-0.2, -0.15) is 0 Å². The minimum Gasteiger partial charge on any atom is -0.356 e. The van der Waals surface area contributed by atoms with Crippen LogP contribution in [0.1, 0.15) is 61.0 Å². The molecule has 150 valence electrons. The molecule has 5 nitrogen and oxygen atoms in total. The zero-order valence-corrected chi connectivity index (χ0v) is 18.1. The molecule has 1 N–H and O–H groups in total. The van der Waals surface area contributed by atoms with E-state index in [0.29, 0.717) is 6.54 Å². The van der Waals surface area contributed by atoms with Crippen LogP contribution in [-0.2, 0) is 0 Å². The molecule has 28 heavy (non-hydrogen) atoms. The Hall–Kier alpha value is -1.60. The van der Waals surface area contributed by atoms with E-state index in [1.807, 2.05) is 12.3 Å². The van der Waals surface area contributed by atoms with E-state index in [-0.39, 0.29) is 5.91 Å². The summed E-state index contributed by atoms with van der Waals surface area (Å²) in [4.78, 5) is 26.2. The number of hydrogen-bond donors (Lipinski definition) is 1. The number of carbonyl (C=O) groups is 1. The minimum absolute atomic E-state index is 0.00899. The van der Waals surface area contributed by atoms with Crippen LogP contribution in [0.5, 0.6) is 0 Å². The molecule has 1 aliphatic carbocycles. The summed E-state index contributed by atoms with van der Waals surface area (Å²) < 4.78 is 0. The Labute approximate surface area is 175 Å². The molecule has 0 saturated carbocycles. The third-order valence-electron chi connectivity index (χ3n) is 5.53. The van der Waals surface area contributed by atoms with Gasteiger partial charge in [-0.1, -0.05) is 23.4 Å². The average molecular weight is 417 g/mol. The zero-order valence-electron chi connectivity index (χ0n) is 16.5. The van der Waals surface area contributed by atoms with Gasteiger partial charge in [-0.05, 0) is 63.7 Å². The molecule has 3 heterocycles. The molecular weight excluding hydrogens is 388 g/mol. The number of thiophene rings is 1. The van der Waals surface area contributed by atoms with Gasteiger partial charge in [-0.3, -0.25) is 4.79 Å². The van der Waals surface area contributed by atoms with Crippen molar-refractivity contribution in [2.75, 3.05) is 30.8 Å². The van der Waals surface area contributed by atoms with E-state index >= 15 is 0 Å². The van der Waals surface area contributed by atoms with Crippen molar-refractivity contribution < 1.29 is 4.79 Å². The fourth-order valence-electron chi connectivity index (χ4n) is 3.99. The smallest absolute Gasteiger partial charge is 0.261 e. The molecule has 7 heteroatoms. The third-order valence-corrected chi connectivity index (χ3v) is 7.11. The summed E-state index contributed by atoms with van der Waals surface area (Å²) in [5.74, 6) is 1.01. The van der Waals surface area contributed by atoms with Crippen LogP contribution >= 0.6 is 23.1 Å². The monoisotopic (exact) mass is 416 g/mol. The minimum atomic E-state index is 0.00899. The fraction of sp³-hybridized carbons (Fsp3) is 0.571. The first kappa shape index (κ1) is 19.7. The Kier molecular flexibility index (Phi) is 6.52.